The molecule has 0 fully saturated rings. The summed E-state index contributed by atoms with van der Waals surface area (Å²) in [6.07, 6.45) is 0. The number of ketones is 1. The molecule has 1 unspecified atom stereocenters. The molecule has 0 saturated heterocycles. The van der Waals surface area contributed by atoms with Crippen molar-refractivity contribution in [1.29, 1.82) is 5.26 Å². The van der Waals surface area contributed by atoms with Crippen molar-refractivity contribution in [2.75, 3.05) is 13.2 Å². The van der Waals surface area contributed by atoms with Crippen LogP contribution in [0.1, 0.15) is 22.0 Å². The normalized spacial score (nSPS) is 14.3. The van der Waals surface area contributed by atoms with Gasteiger partial charge < -0.3 is 13.9 Å². The van der Waals surface area contributed by atoms with Crippen molar-refractivity contribution >= 4 is 21.7 Å². The summed E-state index contributed by atoms with van der Waals surface area (Å²) in [6.45, 7) is 0.945. The number of rotatable bonds is 3. The van der Waals surface area contributed by atoms with Crippen LogP contribution < -0.4 is 9.47 Å². The van der Waals surface area contributed by atoms with E-state index in [1.165, 1.54) is 6.07 Å². The first-order valence-electron chi connectivity index (χ1n) is 6.28. The van der Waals surface area contributed by atoms with Gasteiger partial charge in [-0.25, -0.2) is 0 Å². The van der Waals surface area contributed by atoms with E-state index < -0.39 is 5.92 Å². The molecule has 6 heteroatoms. The molecular weight excluding hydrogens is 338 g/mol. The average molecular weight is 348 g/mol. The molecule has 106 valence electrons. The number of carbonyl (C=O) groups is 1. The zero-order chi connectivity index (χ0) is 14.8. The van der Waals surface area contributed by atoms with Gasteiger partial charge in [0.15, 0.2) is 21.9 Å². The van der Waals surface area contributed by atoms with Crippen LogP contribution in [-0.2, 0) is 0 Å². The summed E-state index contributed by atoms with van der Waals surface area (Å²) >= 11 is 3.14. The second-order valence-corrected chi connectivity index (χ2v) is 5.21. The van der Waals surface area contributed by atoms with Crippen molar-refractivity contribution in [2.24, 2.45) is 0 Å². The molecule has 0 bridgehead atoms. The number of nitrogens with zero attached hydrogens (tertiary/aromatic N) is 1. The van der Waals surface area contributed by atoms with Crippen LogP contribution >= 0.6 is 15.9 Å². The van der Waals surface area contributed by atoms with Gasteiger partial charge in [0.05, 0.1) is 6.07 Å². The summed E-state index contributed by atoms with van der Waals surface area (Å²) in [4.78, 5) is 12.3. The molecule has 1 atom stereocenters. The molecule has 0 N–H and O–H groups in total. The summed E-state index contributed by atoms with van der Waals surface area (Å²) in [5.74, 6) is -0.0237. The molecule has 0 spiro atoms. The van der Waals surface area contributed by atoms with E-state index >= 15 is 0 Å². The number of benzene rings is 1. The molecule has 5 nitrogen and oxygen atoms in total. The third-order valence-electron chi connectivity index (χ3n) is 3.11. The Balaban J connectivity index is 1.93. The summed E-state index contributed by atoms with van der Waals surface area (Å²) in [7, 11) is 0. The van der Waals surface area contributed by atoms with Crippen molar-refractivity contribution in [3.05, 3.63) is 46.3 Å². The van der Waals surface area contributed by atoms with Crippen LogP contribution in [0.25, 0.3) is 0 Å². The molecule has 3 rings (SSSR count). The van der Waals surface area contributed by atoms with E-state index in [1.807, 2.05) is 6.07 Å². The molecule has 0 radical (unpaired) electrons. The molecule has 1 aliphatic heterocycles. The number of Topliss-reactive ketones (excluding diaryl/α,β-unsaturated/α-hetero) is 1. The van der Waals surface area contributed by atoms with Crippen LogP contribution in [0, 0.1) is 11.3 Å². The van der Waals surface area contributed by atoms with E-state index in [-0.39, 0.29) is 11.5 Å². The number of hydrogen-bond donors (Lipinski definition) is 0. The van der Waals surface area contributed by atoms with E-state index in [4.69, 9.17) is 13.9 Å². The number of halogens is 1. The third-order valence-corrected chi connectivity index (χ3v) is 3.53. The second kappa shape index (κ2) is 5.62. The van der Waals surface area contributed by atoms with E-state index in [1.54, 1.807) is 24.3 Å². The number of fused-ring (bicyclic) bond motifs is 1. The van der Waals surface area contributed by atoms with Gasteiger partial charge >= 0.3 is 0 Å². The van der Waals surface area contributed by atoms with E-state index in [0.717, 1.165) is 0 Å². The highest BCUT2D eigenvalue weighted by atomic mass is 79.9. The van der Waals surface area contributed by atoms with Gasteiger partial charge in [-0.2, -0.15) is 5.26 Å². The lowest BCUT2D eigenvalue weighted by Gasteiger charge is -2.19. The molecule has 2 aromatic rings. The van der Waals surface area contributed by atoms with Gasteiger partial charge in [0.1, 0.15) is 19.1 Å². The first-order valence-corrected chi connectivity index (χ1v) is 7.07. The lowest BCUT2D eigenvalue weighted by atomic mass is 9.94. The minimum atomic E-state index is -0.945. The summed E-state index contributed by atoms with van der Waals surface area (Å²) < 4.78 is 16.6. The Morgan fingerprint density at radius 1 is 1.19 bits per heavy atom. The fraction of sp³-hybridized carbons (Fsp3) is 0.200. The largest absolute Gasteiger partial charge is 0.486 e. The van der Waals surface area contributed by atoms with Gasteiger partial charge in [-0.15, -0.1) is 0 Å². The zero-order valence-corrected chi connectivity index (χ0v) is 12.4. The molecule has 0 aliphatic carbocycles. The van der Waals surface area contributed by atoms with E-state index in [2.05, 4.69) is 15.9 Å². The maximum atomic E-state index is 12.3. The molecule has 0 saturated carbocycles. The van der Waals surface area contributed by atoms with Gasteiger partial charge in [-0.1, -0.05) is 6.07 Å². The molecular formula is C15H10BrNO4. The topological polar surface area (TPSA) is 72.5 Å². The Bertz CT molecular complexity index is 732. The maximum Gasteiger partial charge on any atom is 0.219 e. The lowest BCUT2D eigenvalue weighted by Crippen LogP contribution is -2.16. The van der Waals surface area contributed by atoms with Gasteiger partial charge in [0, 0.05) is 0 Å². The minimum Gasteiger partial charge on any atom is -0.486 e. The molecule has 1 aromatic heterocycles. The predicted molar refractivity (Wildman–Crippen MR) is 76.5 cm³/mol. The van der Waals surface area contributed by atoms with Crippen LogP contribution in [0.3, 0.4) is 0 Å². The highest BCUT2D eigenvalue weighted by molar-refractivity contribution is 9.10. The number of nitriles is 1. The monoisotopic (exact) mass is 347 g/mol. The number of hydrogen-bond acceptors (Lipinski definition) is 5. The van der Waals surface area contributed by atoms with Gasteiger partial charge in [-0.3, -0.25) is 4.79 Å². The van der Waals surface area contributed by atoms with Gasteiger partial charge in [0.2, 0.25) is 5.78 Å². The second-order valence-electron chi connectivity index (χ2n) is 4.43. The molecule has 1 aliphatic rings. The van der Waals surface area contributed by atoms with Crippen molar-refractivity contribution in [3.63, 3.8) is 0 Å². The van der Waals surface area contributed by atoms with Crippen LogP contribution in [0.2, 0.25) is 0 Å². The van der Waals surface area contributed by atoms with Crippen LogP contribution in [0.4, 0.5) is 0 Å². The van der Waals surface area contributed by atoms with E-state index in [0.29, 0.717) is 34.9 Å². The molecule has 21 heavy (non-hydrogen) atoms. The molecule has 1 aromatic carbocycles. The minimum absolute atomic E-state index is 0.142. The lowest BCUT2D eigenvalue weighted by molar-refractivity contribution is 0.0950. The number of carbonyl (C=O) groups excluding carboxylic acids is 1. The van der Waals surface area contributed by atoms with Crippen molar-refractivity contribution in [1.82, 2.24) is 0 Å². The molecule has 2 heterocycles. The highest BCUT2D eigenvalue weighted by Gasteiger charge is 2.26. The standard InChI is InChI=1S/C15H10BrNO4/c16-14-4-3-12(21-14)15(18)10(8-17)9-1-2-11-13(7-9)20-6-5-19-11/h1-4,7,10H,5-6H2. The number of ether oxygens (including phenoxy) is 2. The summed E-state index contributed by atoms with van der Waals surface area (Å²) in [5.41, 5.74) is 0.555. The maximum absolute atomic E-state index is 12.3. The van der Waals surface area contributed by atoms with Crippen LogP contribution in [0.15, 0.2) is 39.4 Å². The fourth-order valence-electron chi connectivity index (χ4n) is 2.11. The van der Waals surface area contributed by atoms with Crippen molar-refractivity contribution < 1.29 is 18.7 Å². The fourth-order valence-corrected chi connectivity index (χ4v) is 2.42. The summed E-state index contributed by atoms with van der Waals surface area (Å²) in [6, 6.07) is 10.2. The number of furan rings is 1. The Hall–Kier alpha value is -2.26. The van der Waals surface area contributed by atoms with E-state index in [9.17, 15) is 10.1 Å². The van der Waals surface area contributed by atoms with Gasteiger partial charge in [0.25, 0.3) is 0 Å². The predicted octanol–water partition coefficient (Wildman–Crippen LogP) is 3.30. The van der Waals surface area contributed by atoms with Crippen molar-refractivity contribution in [2.45, 2.75) is 5.92 Å². The van der Waals surface area contributed by atoms with Crippen molar-refractivity contribution in [3.8, 4) is 17.6 Å². The van der Waals surface area contributed by atoms with Gasteiger partial charge in [-0.05, 0) is 45.8 Å². The summed E-state index contributed by atoms with van der Waals surface area (Å²) in [5, 5.41) is 9.33. The Morgan fingerprint density at radius 3 is 2.62 bits per heavy atom. The Kier molecular flexibility index (Phi) is 3.67. The SMILES string of the molecule is N#CC(C(=O)c1ccc(Br)o1)c1ccc2c(c1)OCCO2. The Labute approximate surface area is 129 Å². The zero-order valence-electron chi connectivity index (χ0n) is 10.8. The highest BCUT2D eigenvalue weighted by Crippen LogP contribution is 2.34. The first-order chi connectivity index (χ1) is 10.2. The molecule has 0 amide bonds. The smallest absolute Gasteiger partial charge is 0.219 e. The average Bonchev–Trinajstić information content (AvgIpc) is 2.94. The third kappa shape index (κ3) is 2.65. The quantitative estimate of drug-likeness (QED) is 0.796. The first kappa shape index (κ1) is 13.7. The Morgan fingerprint density at radius 2 is 1.95 bits per heavy atom. The van der Waals surface area contributed by atoms with Crippen LogP contribution in [0.5, 0.6) is 11.5 Å². The van der Waals surface area contributed by atoms with Crippen LogP contribution in [-0.4, -0.2) is 19.0 Å².